The van der Waals surface area contributed by atoms with E-state index in [1.54, 1.807) is 67.9 Å². The molecule has 2 aromatic heterocycles. The minimum atomic E-state index is -4.77. The summed E-state index contributed by atoms with van der Waals surface area (Å²) in [5.74, 6) is -2.05. The van der Waals surface area contributed by atoms with Crippen LogP contribution >= 0.6 is 11.3 Å². The molecule has 738 valence electrons. The van der Waals surface area contributed by atoms with Crippen molar-refractivity contribution in [3.63, 3.8) is 0 Å². The Morgan fingerprint density at radius 1 is 0.660 bits per heavy atom. The number of fused-ring (bicyclic) bond motifs is 6. The van der Waals surface area contributed by atoms with Gasteiger partial charge in [-0.2, -0.15) is 24.8 Å². The number of allylic oxidation sites excluding steroid dienone is 6. The minimum absolute atomic E-state index is 0.104. The summed E-state index contributed by atoms with van der Waals surface area (Å²) in [6.45, 7) is 22.6. The average Bonchev–Trinajstić information content (AvgIpc) is 1.69. The number of rotatable bonds is 39. The maximum Gasteiger partial charge on any atom is 0.339 e. The van der Waals surface area contributed by atoms with Crippen molar-refractivity contribution in [3.05, 3.63) is 278 Å². The number of Topliss-reactive ketones (excluding diaryl/α,β-unsaturated/α-hetero) is 1. The molecule has 7 aromatic carbocycles. The van der Waals surface area contributed by atoms with Crippen LogP contribution in [0.3, 0.4) is 0 Å². The first kappa shape index (κ1) is 101. The predicted octanol–water partition coefficient (Wildman–Crippen LogP) is 17.1. The van der Waals surface area contributed by atoms with Gasteiger partial charge in [0.1, 0.15) is 49.9 Å². The molecule has 32 heteroatoms. The first-order valence-electron chi connectivity index (χ1n) is 48.7. The number of ketones is 1. The van der Waals surface area contributed by atoms with Crippen LogP contribution in [0.5, 0.6) is 0 Å². The zero-order valence-corrected chi connectivity index (χ0v) is 84.6. The Hall–Kier alpha value is -12.7. The van der Waals surface area contributed by atoms with E-state index in [0.29, 0.717) is 141 Å². The van der Waals surface area contributed by atoms with Crippen molar-refractivity contribution in [1.82, 2.24) is 45.1 Å². The number of carbonyl (C=O) groups is 6. The van der Waals surface area contributed by atoms with E-state index in [9.17, 15) is 54.7 Å². The van der Waals surface area contributed by atoms with E-state index in [1.165, 1.54) is 55.7 Å². The zero-order chi connectivity index (χ0) is 100. The molecule has 7 aliphatic rings. The summed E-state index contributed by atoms with van der Waals surface area (Å²) in [6, 6.07) is 49.4. The maximum absolute atomic E-state index is 15.1. The molecule has 0 spiro atoms. The second-order valence-corrected chi connectivity index (χ2v) is 44.2. The number of benzene rings is 8. The number of para-hydroxylation sites is 2. The van der Waals surface area contributed by atoms with Crippen LogP contribution in [0.4, 0.5) is 28.4 Å². The molecular weight excluding hydrogens is 1860 g/mol. The van der Waals surface area contributed by atoms with Gasteiger partial charge in [0.05, 0.1) is 49.0 Å². The number of anilines is 3. The third-order valence-electron chi connectivity index (χ3n) is 28.6. The topological polar surface area (TPSA) is 368 Å². The number of piperidine rings is 1. The molecule has 4 N–H and O–H groups in total. The Bertz CT molecular complexity index is 7180. The molecular formula is C109H122N12O16S4. The molecule has 0 unspecified atom stereocenters. The van der Waals surface area contributed by atoms with Gasteiger partial charge in [0.25, 0.3) is 11.8 Å². The van der Waals surface area contributed by atoms with Crippen molar-refractivity contribution in [2.75, 3.05) is 75.3 Å². The lowest BCUT2D eigenvalue weighted by molar-refractivity contribution is -0.433. The first-order chi connectivity index (χ1) is 67.4. The molecule has 9 aromatic rings. The Morgan fingerprint density at radius 3 is 2.08 bits per heavy atom. The normalized spacial score (nSPS) is 16.7. The summed E-state index contributed by atoms with van der Waals surface area (Å²) in [5.41, 5.74) is 13.3. The zero-order valence-electron chi connectivity index (χ0n) is 81.4. The Labute approximate surface area is 828 Å². The Morgan fingerprint density at radius 2 is 1.35 bits per heavy atom. The van der Waals surface area contributed by atoms with Gasteiger partial charge < -0.3 is 49.3 Å². The number of hydrogen-bond donors (Lipinski definition) is 4. The number of amides is 4. The molecule has 0 bridgehead atoms. The van der Waals surface area contributed by atoms with E-state index in [4.69, 9.17) is 9.15 Å². The summed E-state index contributed by atoms with van der Waals surface area (Å²) < 4.78 is 123. The highest BCUT2D eigenvalue weighted by Crippen LogP contribution is 2.51. The van der Waals surface area contributed by atoms with Gasteiger partial charge in [0, 0.05) is 167 Å². The number of esters is 1. The number of aryl methyl sites for hydroxylation is 2. The van der Waals surface area contributed by atoms with E-state index in [-0.39, 0.29) is 81.6 Å². The van der Waals surface area contributed by atoms with Gasteiger partial charge in [0.2, 0.25) is 38.6 Å². The fraction of sp³-hybridized carbons (Fsp3) is 0.376. The molecule has 2 atom stereocenters. The third kappa shape index (κ3) is 21.7. The Kier molecular flexibility index (Phi) is 30.6. The number of aromatic nitrogens is 3. The number of nitrogens with one attached hydrogen (secondary N) is 4. The number of unbranched alkanes of at least 4 members (excludes halogenated alkanes) is 6. The van der Waals surface area contributed by atoms with Gasteiger partial charge in [-0.3, -0.25) is 24.0 Å². The summed E-state index contributed by atoms with van der Waals surface area (Å²) >= 11 is 1.39. The summed E-state index contributed by atoms with van der Waals surface area (Å²) in [7, 11) is -13.5. The molecule has 16 rings (SSSR count). The third-order valence-corrected chi connectivity index (χ3v) is 32.9. The van der Waals surface area contributed by atoms with Crippen LogP contribution in [0.1, 0.15) is 215 Å². The average molecular weight is 1980 g/mol. The molecule has 6 aliphatic heterocycles. The molecule has 8 heterocycles. The molecule has 141 heavy (non-hydrogen) atoms. The van der Waals surface area contributed by atoms with Gasteiger partial charge in [0.15, 0.2) is 24.6 Å². The van der Waals surface area contributed by atoms with E-state index < -0.39 is 71.0 Å². The molecule has 28 nitrogen and oxygen atoms in total. The summed E-state index contributed by atoms with van der Waals surface area (Å²) in [6.07, 6.45) is 19.9. The Balaban J connectivity index is 0.487. The summed E-state index contributed by atoms with van der Waals surface area (Å²) in [5, 5.41) is 26.5. The van der Waals surface area contributed by atoms with Crippen molar-refractivity contribution in [3.8, 4) is 22.5 Å². The lowest BCUT2D eigenvalue weighted by Gasteiger charge is -2.32. The van der Waals surface area contributed by atoms with E-state index >= 15 is 8.42 Å². The molecule has 1 saturated heterocycles. The molecule has 1 fully saturated rings. The van der Waals surface area contributed by atoms with Crippen LogP contribution in [0.25, 0.3) is 33.4 Å². The van der Waals surface area contributed by atoms with Gasteiger partial charge >= 0.3 is 5.97 Å². The fourth-order valence-electron chi connectivity index (χ4n) is 20.5. The highest BCUT2D eigenvalue weighted by molar-refractivity contribution is 7.89. The van der Waals surface area contributed by atoms with Crippen molar-refractivity contribution < 1.29 is 76.9 Å². The van der Waals surface area contributed by atoms with Crippen LogP contribution in [-0.2, 0) is 78.6 Å². The number of carbonyl (C=O) groups excluding carboxylic acids is 6. The van der Waals surface area contributed by atoms with Crippen LogP contribution in [0.2, 0.25) is 0 Å². The second-order valence-electron chi connectivity index (χ2n) is 38.7. The number of ether oxygens (including phenoxy) is 1. The van der Waals surface area contributed by atoms with E-state index in [1.807, 2.05) is 103 Å². The van der Waals surface area contributed by atoms with Crippen LogP contribution < -0.4 is 41.0 Å². The highest BCUT2D eigenvalue weighted by Gasteiger charge is 2.46. The highest BCUT2D eigenvalue weighted by atomic mass is 32.2. The van der Waals surface area contributed by atoms with Gasteiger partial charge in [-0.1, -0.05) is 125 Å². The number of sulfonamides is 1. The predicted molar refractivity (Wildman–Crippen MR) is 544 cm³/mol. The van der Waals surface area contributed by atoms with Crippen LogP contribution in [-0.4, -0.2) is 165 Å². The largest absolute Gasteiger partial charge is 0.744 e. The molecule has 0 saturated carbocycles. The molecule has 1 aliphatic carbocycles. The first-order valence-corrected chi connectivity index (χ1v) is 53.9. The maximum atomic E-state index is 15.1. The number of nitrogens with zero attached hydrogens (tertiary/aromatic N) is 8. The van der Waals surface area contributed by atoms with E-state index in [0.717, 1.165) is 106 Å². The fourth-order valence-corrected chi connectivity index (χ4v) is 23.8. The van der Waals surface area contributed by atoms with Gasteiger partial charge in [-0.25, -0.2) is 34.7 Å². The smallest absolute Gasteiger partial charge is 0.339 e. The quantitative estimate of drug-likeness (QED) is 0.00694. The standard InChI is InChI=1S/C109H122N12O16S4/c1-11-117-90-46-42-81(140(130,131)132)66-86(90)107(6,7)98(117)37-16-14-17-38-99-108(8,9)87-67-82(141(133,134)135)43-47-91(87)120(99)56-29-15-18-39-100(123)110-53-28-25-35-92(121-68-97(114-115-121)109(10,71(2)3)113-105(126)77-52-61-138-70-77)93(122)69-136-106(127)101-72(4)62-78(63-73(101)5)104(125)112-55-27-13-12-26-54-111-103(124)76-48-57-116(58-49-76)139(128,129)96-36-24-21-32-85(96)102-83-44-40-79(118-59-50-74-30-19-22-33-88(74)118)64-94(83)137-95-65-80(41-45-84(95)102)119-60-51-75-31-20-23-34-89(75)119/h14,16-17,19-24,30-34,36-38,40-47,52,61-68,70-71,76,92H,11-13,15,18,25-29,35,39,48-51,53-60,69H2,1-10H3,(H4-2,110,111,112,113,123,124,125,126,130,131,132,133,134,135)/t92-,109-/m0/s1. The SMILES string of the molecule is CC[N+]1=C(/C=C/C=C/C=C2/N(CCCCCC(=O)NCCCC[C@@H](C(=O)COC(=O)c3c(C)cc(C(=O)NCCCCCCNC(=O)C4CCN(S(=O)(=O)c5ccccc5-c5c6ccc(=[N+]7CCc8ccccc87)cc-6oc6cc(N7CCc8ccccc87)ccc56)CC4)cc3C)n3cc([C@@](C)(NC(=O)c4ccsc4)C(C)C)nn3)c3ccc(S(=O)(=O)[O-])cc3C2(C)C)C(C)(C)c2cc(S(=O)(=O)[O-])ccc21. The van der Waals surface area contributed by atoms with Crippen LogP contribution in [0.15, 0.2) is 236 Å². The molecule has 0 radical (unpaired) electrons. The molecule has 4 amide bonds. The lowest BCUT2D eigenvalue weighted by Crippen LogP contribution is -2.47. The van der Waals surface area contributed by atoms with Gasteiger partial charge in [-0.15, -0.1) is 5.10 Å². The second kappa shape index (κ2) is 42.6. The van der Waals surface area contributed by atoms with E-state index in [2.05, 4.69) is 135 Å². The van der Waals surface area contributed by atoms with Crippen molar-refractivity contribution >= 4 is 122 Å². The van der Waals surface area contributed by atoms with Crippen molar-refractivity contribution in [2.24, 2.45) is 11.8 Å². The van der Waals surface area contributed by atoms with Crippen LogP contribution in [0, 0.1) is 25.7 Å². The summed E-state index contributed by atoms with van der Waals surface area (Å²) in [4.78, 5) is 87.1. The minimum Gasteiger partial charge on any atom is -0.744 e. The van der Waals surface area contributed by atoms with Crippen molar-refractivity contribution in [1.29, 1.82) is 0 Å². The monoisotopic (exact) mass is 1980 g/mol. The lowest BCUT2D eigenvalue weighted by atomic mass is 9.81. The van der Waals surface area contributed by atoms with Crippen molar-refractivity contribution in [2.45, 2.75) is 203 Å². The number of thiophene rings is 1. The number of hydrogen-bond acceptors (Lipinski definition) is 21. The van der Waals surface area contributed by atoms with Gasteiger partial charge in [-0.05, 0) is 224 Å².